The maximum absolute atomic E-state index is 12.9. The van der Waals surface area contributed by atoms with E-state index in [1.54, 1.807) is 31.2 Å². The number of aromatic nitrogens is 2. The van der Waals surface area contributed by atoms with Crippen molar-refractivity contribution in [2.75, 3.05) is 20.3 Å². The third-order valence-electron chi connectivity index (χ3n) is 4.91. The van der Waals surface area contributed by atoms with Crippen LogP contribution in [0.3, 0.4) is 0 Å². The highest BCUT2D eigenvalue weighted by atomic mass is 32.2. The molecular formula is C20H25N3O5S. The van der Waals surface area contributed by atoms with Gasteiger partial charge in [-0.05, 0) is 50.5 Å². The molecule has 1 saturated heterocycles. The van der Waals surface area contributed by atoms with Crippen LogP contribution in [0.2, 0.25) is 0 Å². The maximum atomic E-state index is 12.9. The average molecular weight is 420 g/mol. The summed E-state index contributed by atoms with van der Waals surface area (Å²) in [5, 5.41) is 2.27. The number of benzene rings is 1. The zero-order valence-electron chi connectivity index (χ0n) is 16.5. The van der Waals surface area contributed by atoms with Crippen molar-refractivity contribution >= 4 is 15.7 Å². The summed E-state index contributed by atoms with van der Waals surface area (Å²) < 4.78 is 36.7. The first-order valence-electron chi connectivity index (χ1n) is 9.46. The summed E-state index contributed by atoms with van der Waals surface area (Å²) in [6.45, 7) is 2.54. The molecule has 2 aromatic rings. The lowest BCUT2D eigenvalue weighted by Crippen LogP contribution is -2.37. The van der Waals surface area contributed by atoms with E-state index in [1.807, 2.05) is 0 Å². The topological polar surface area (TPSA) is 107 Å². The second-order valence-corrected chi connectivity index (χ2v) is 9.18. The summed E-state index contributed by atoms with van der Waals surface area (Å²) in [6, 6.07) is 6.43. The van der Waals surface area contributed by atoms with Gasteiger partial charge in [0.2, 0.25) is 0 Å². The number of nitrogens with zero attached hydrogens (tertiary/aromatic N) is 2. The van der Waals surface area contributed by atoms with Crippen LogP contribution >= 0.6 is 0 Å². The third kappa shape index (κ3) is 5.30. The first-order chi connectivity index (χ1) is 13.9. The number of nitrogens with one attached hydrogen (secondary N) is 1. The molecule has 156 valence electrons. The van der Waals surface area contributed by atoms with Gasteiger partial charge < -0.3 is 14.8 Å². The number of carbonyl (C=O) groups is 1. The minimum Gasteiger partial charge on any atom is -0.497 e. The van der Waals surface area contributed by atoms with E-state index < -0.39 is 15.1 Å². The second-order valence-electron chi connectivity index (χ2n) is 6.95. The molecule has 29 heavy (non-hydrogen) atoms. The van der Waals surface area contributed by atoms with E-state index in [9.17, 15) is 13.2 Å². The zero-order chi connectivity index (χ0) is 20.9. The van der Waals surface area contributed by atoms with Crippen LogP contribution in [0.15, 0.2) is 41.6 Å². The lowest BCUT2D eigenvalue weighted by Gasteiger charge is -2.29. The first kappa shape index (κ1) is 21.2. The van der Waals surface area contributed by atoms with E-state index in [2.05, 4.69) is 15.3 Å². The first-order valence-corrected chi connectivity index (χ1v) is 11.0. The van der Waals surface area contributed by atoms with Gasteiger partial charge in [-0.1, -0.05) is 0 Å². The quantitative estimate of drug-likeness (QED) is 0.731. The summed E-state index contributed by atoms with van der Waals surface area (Å²) in [5.74, 6) is 0.304. The molecule has 1 aliphatic heterocycles. The summed E-state index contributed by atoms with van der Waals surface area (Å²) >= 11 is 0. The Morgan fingerprint density at radius 1 is 1.24 bits per heavy atom. The van der Waals surface area contributed by atoms with Crippen LogP contribution in [-0.4, -0.2) is 55.9 Å². The van der Waals surface area contributed by atoms with Gasteiger partial charge in [-0.3, -0.25) is 9.78 Å². The molecule has 3 rings (SSSR count). The Kier molecular flexibility index (Phi) is 6.81. The molecule has 9 heteroatoms. The monoisotopic (exact) mass is 419 g/mol. The molecule has 1 N–H and O–H groups in total. The Bertz CT molecular complexity index is 930. The van der Waals surface area contributed by atoms with Gasteiger partial charge in [0.15, 0.2) is 9.84 Å². The largest absolute Gasteiger partial charge is 0.497 e. The maximum Gasteiger partial charge on any atom is 0.271 e. The van der Waals surface area contributed by atoms with Gasteiger partial charge in [0.1, 0.15) is 11.4 Å². The van der Waals surface area contributed by atoms with Crippen molar-refractivity contribution < 1.29 is 22.7 Å². The predicted octanol–water partition coefficient (Wildman–Crippen LogP) is 1.94. The van der Waals surface area contributed by atoms with Gasteiger partial charge in [-0.2, -0.15) is 0 Å². The molecule has 0 unspecified atom stereocenters. The van der Waals surface area contributed by atoms with Gasteiger partial charge in [0.25, 0.3) is 5.91 Å². The van der Waals surface area contributed by atoms with Crippen molar-refractivity contribution in [2.24, 2.45) is 0 Å². The average Bonchev–Trinajstić information content (AvgIpc) is 2.74. The highest BCUT2D eigenvalue weighted by molar-refractivity contribution is 7.92. The molecule has 1 fully saturated rings. The van der Waals surface area contributed by atoms with Crippen molar-refractivity contribution in [1.82, 2.24) is 15.3 Å². The van der Waals surface area contributed by atoms with Crippen molar-refractivity contribution in [3.05, 3.63) is 48.0 Å². The predicted molar refractivity (Wildman–Crippen MR) is 107 cm³/mol. The Hall–Kier alpha value is -2.52. The second kappa shape index (κ2) is 9.32. The van der Waals surface area contributed by atoms with E-state index in [1.165, 1.54) is 19.5 Å². The minimum absolute atomic E-state index is 0.230. The number of rotatable bonds is 7. The summed E-state index contributed by atoms with van der Waals surface area (Å²) in [4.78, 5) is 20.5. The number of hydrogen-bond acceptors (Lipinski definition) is 7. The summed E-state index contributed by atoms with van der Waals surface area (Å²) in [6.07, 6.45) is 4.11. The number of carbonyl (C=O) groups excluding carboxylic acids is 1. The van der Waals surface area contributed by atoms with Crippen molar-refractivity contribution in [2.45, 2.75) is 42.4 Å². The number of aryl methyl sites for hydroxylation is 1. The van der Waals surface area contributed by atoms with Crippen LogP contribution in [0.5, 0.6) is 5.75 Å². The highest BCUT2D eigenvalue weighted by Gasteiger charge is 2.33. The molecular weight excluding hydrogens is 394 g/mol. The fourth-order valence-corrected chi connectivity index (χ4v) is 5.01. The molecule has 2 heterocycles. The standard InChI is InChI=1S/C20H25N3O5S/c1-14-12-23-19(13-22-14)20(24)21-9-7-16-11-18(8-10-28-16)29(25,26)17-5-3-15(27-2)4-6-17/h3-6,12-13,16,18H,7-11H2,1-2H3,(H,21,24)/t16-,18+/m1/s1. The van der Waals surface area contributed by atoms with E-state index in [0.29, 0.717) is 38.2 Å². The number of methoxy groups -OCH3 is 1. The molecule has 1 amide bonds. The molecule has 8 nitrogen and oxygen atoms in total. The van der Waals surface area contributed by atoms with E-state index >= 15 is 0 Å². The van der Waals surface area contributed by atoms with Crippen LogP contribution in [0.25, 0.3) is 0 Å². The lowest BCUT2D eigenvalue weighted by molar-refractivity contribution is 0.0132. The molecule has 0 saturated carbocycles. The van der Waals surface area contributed by atoms with Crippen LogP contribution in [0.4, 0.5) is 0 Å². The van der Waals surface area contributed by atoms with Crippen LogP contribution in [0, 0.1) is 6.92 Å². The van der Waals surface area contributed by atoms with Crippen molar-refractivity contribution in [3.8, 4) is 5.75 Å². The lowest BCUT2D eigenvalue weighted by atomic mass is 10.1. The van der Waals surface area contributed by atoms with Gasteiger partial charge in [0, 0.05) is 19.3 Å². The van der Waals surface area contributed by atoms with Gasteiger partial charge in [-0.15, -0.1) is 0 Å². The Labute approximate surface area is 170 Å². The molecule has 1 aromatic carbocycles. The van der Waals surface area contributed by atoms with Crippen LogP contribution in [-0.2, 0) is 14.6 Å². The van der Waals surface area contributed by atoms with Gasteiger partial charge in [-0.25, -0.2) is 13.4 Å². The molecule has 0 spiro atoms. The van der Waals surface area contributed by atoms with E-state index in [0.717, 1.165) is 5.69 Å². The Morgan fingerprint density at radius 2 is 2.00 bits per heavy atom. The summed E-state index contributed by atoms with van der Waals surface area (Å²) in [5.41, 5.74) is 0.987. The smallest absolute Gasteiger partial charge is 0.271 e. The molecule has 2 atom stereocenters. The number of amides is 1. The number of ether oxygens (including phenoxy) is 2. The van der Waals surface area contributed by atoms with Crippen molar-refractivity contribution in [1.29, 1.82) is 0 Å². The van der Waals surface area contributed by atoms with Crippen LogP contribution in [0.1, 0.15) is 35.4 Å². The molecule has 1 aromatic heterocycles. The number of sulfone groups is 1. The third-order valence-corrected chi connectivity index (χ3v) is 7.15. The minimum atomic E-state index is -3.45. The normalized spacial score (nSPS) is 19.5. The zero-order valence-corrected chi connectivity index (χ0v) is 17.3. The van der Waals surface area contributed by atoms with Crippen LogP contribution < -0.4 is 10.1 Å². The molecule has 0 radical (unpaired) electrons. The summed E-state index contributed by atoms with van der Waals surface area (Å²) in [7, 11) is -1.91. The highest BCUT2D eigenvalue weighted by Crippen LogP contribution is 2.28. The van der Waals surface area contributed by atoms with Gasteiger partial charge >= 0.3 is 0 Å². The number of hydrogen-bond donors (Lipinski definition) is 1. The molecule has 0 bridgehead atoms. The SMILES string of the molecule is COc1ccc(S(=O)(=O)[C@H]2CCO[C@H](CCNC(=O)c3cnc(C)cn3)C2)cc1. The van der Waals surface area contributed by atoms with Gasteiger partial charge in [0.05, 0.1) is 35.2 Å². The van der Waals surface area contributed by atoms with Crippen molar-refractivity contribution in [3.63, 3.8) is 0 Å². The molecule has 0 aliphatic carbocycles. The van der Waals surface area contributed by atoms with E-state index in [4.69, 9.17) is 9.47 Å². The molecule has 1 aliphatic rings. The Balaban J connectivity index is 1.54. The Morgan fingerprint density at radius 3 is 2.66 bits per heavy atom. The fraction of sp³-hybridized carbons (Fsp3) is 0.450. The van der Waals surface area contributed by atoms with E-state index in [-0.39, 0.29) is 22.6 Å². The fourth-order valence-electron chi connectivity index (χ4n) is 3.23.